The minimum Gasteiger partial charge on any atom is -0.338 e. The van der Waals surface area contributed by atoms with E-state index in [-0.39, 0.29) is 11.6 Å². The van der Waals surface area contributed by atoms with Crippen LogP contribution in [0.4, 0.5) is 10.5 Å². The lowest BCUT2D eigenvalue weighted by molar-refractivity contribution is 0.252. The normalized spacial score (nSPS) is 10.7. The van der Waals surface area contributed by atoms with Gasteiger partial charge in [-0.3, -0.25) is 4.79 Å². The Morgan fingerprint density at radius 3 is 2.58 bits per heavy atom. The van der Waals surface area contributed by atoms with Crippen LogP contribution in [-0.2, 0) is 6.42 Å². The number of amides is 2. The van der Waals surface area contributed by atoms with Crippen LogP contribution >= 0.6 is 11.6 Å². The monoisotopic (exact) mass is 369 g/mol. The maximum absolute atomic E-state index is 12.3. The molecule has 0 spiro atoms. The number of rotatable bonds is 4. The molecule has 5 nitrogen and oxygen atoms in total. The molecular formula is C20H20ClN3O2. The van der Waals surface area contributed by atoms with Gasteiger partial charge in [0.05, 0.1) is 5.52 Å². The fourth-order valence-electron chi connectivity index (χ4n) is 2.77. The summed E-state index contributed by atoms with van der Waals surface area (Å²) < 4.78 is 0. The van der Waals surface area contributed by atoms with Gasteiger partial charge >= 0.3 is 6.03 Å². The summed E-state index contributed by atoms with van der Waals surface area (Å²) in [6.07, 6.45) is 0.451. The number of fused-ring (bicyclic) bond motifs is 1. The van der Waals surface area contributed by atoms with E-state index in [1.54, 1.807) is 24.3 Å². The SMILES string of the molecule is Cc1ccc2cc(CCNC(=O)Nc3ccc(Cl)cc3)c(=O)[nH]c2c1C. The van der Waals surface area contributed by atoms with Crippen molar-refractivity contribution in [1.29, 1.82) is 0 Å². The maximum atomic E-state index is 12.3. The van der Waals surface area contributed by atoms with Gasteiger partial charge in [0.25, 0.3) is 5.56 Å². The van der Waals surface area contributed by atoms with E-state index >= 15 is 0 Å². The second-order valence-corrected chi connectivity index (χ2v) is 6.67. The van der Waals surface area contributed by atoms with E-state index in [0.717, 1.165) is 22.0 Å². The number of aromatic nitrogens is 1. The first-order valence-corrected chi connectivity index (χ1v) is 8.74. The number of aromatic amines is 1. The van der Waals surface area contributed by atoms with Crippen LogP contribution in [0.5, 0.6) is 0 Å². The Labute approximate surface area is 156 Å². The van der Waals surface area contributed by atoms with Gasteiger partial charge in [-0.2, -0.15) is 0 Å². The summed E-state index contributed by atoms with van der Waals surface area (Å²) in [5.74, 6) is 0. The van der Waals surface area contributed by atoms with Crippen molar-refractivity contribution in [1.82, 2.24) is 10.3 Å². The van der Waals surface area contributed by atoms with Gasteiger partial charge in [0.2, 0.25) is 0 Å². The topological polar surface area (TPSA) is 74.0 Å². The van der Waals surface area contributed by atoms with E-state index in [9.17, 15) is 9.59 Å². The van der Waals surface area contributed by atoms with Gasteiger partial charge in [-0.1, -0.05) is 23.7 Å². The first kappa shape index (κ1) is 18.0. The lowest BCUT2D eigenvalue weighted by Gasteiger charge is -2.09. The van der Waals surface area contributed by atoms with Gasteiger partial charge in [0.1, 0.15) is 0 Å². The molecule has 1 aromatic heterocycles. The molecule has 2 aromatic carbocycles. The minimum absolute atomic E-state index is 0.119. The van der Waals surface area contributed by atoms with Crippen LogP contribution in [0.25, 0.3) is 10.9 Å². The molecule has 0 saturated heterocycles. The Morgan fingerprint density at radius 1 is 1.12 bits per heavy atom. The predicted molar refractivity (Wildman–Crippen MR) is 106 cm³/mol. The minimum atomic E-state index is -0.323. The quantitative estimate of drug-likeness (QED) is 0.646. The zero-order valence-corrected chi connectivity index (χ0v) is 15.4. The molecule has 134 valence electrons. The van der Waals surface area contributed by atoms with Crippen LogP contribution < -0.4 is 16.2 Å². The van der Waals surface area contributed by atoms with Crippen molar-refractivity contribution in [2.75, 3.05) is 11.9 Å². The van der Waals surface area contributed by atoms with Crippen LogP contribution in [0.15, 0.2) is 47.3 Å². The van der Waals surface area contributed by atoms with E-state index in [2.05, 4.69) is 15.6 Å². The first-order valence-electron chi connectivity index (χ1n) is 8.36. The molecule has 2 amide bonds. The van der Waals surface area contributed by atoms with E-state index in [4.69, 9.17) is 11.6 Å². The molecule has 0 saturated carbocycles. The summed E-state index contributed by atoms with van der Waals surface area (Å²) in [6.45, 7) is 4.37. The molecule has 26 heavy (non-hydrogen) atoms. The van der Waals surface area contributed by atoms with E-state index in [0.29, 0.717) is 29.2 Å². The van der Waals surface area contributed by atoms with Crippen LogP contribution in [0.3, 0.4) is 0 Å². The lowest BCUT2D eigenvalue weighted by Crippen LogP contribution is -2.31. The highest BCUT2D eigenvalue weighted by Gasteiger charge is 2.07. The van der Waals surface area contributed by atoms with Crippen molar-refractivity contribution < 1.29 is 4.79 Å². The Kier molecular flexibility index (Phi) is 5.28. The number of benzene rings is 2. The maximum Gasteiger partial charge on any atom is 0.319 e. The van der Waals surface area contributed by atoms with E-state index in [1.165, 1.54) is 0 Å². The van der Waals surface area contributed by atoms with Crippen LogP contribution in [-0.4, -0.2) is 17.6 Å². The molecule has 3 rings (SSSR count). The van der Waals surface area contributed by atoms with Crippen molar-refractivity contribution in [2.24, 2.45) is 0 Å². The third kappa shape index (κ3) is 4.06. The van der Waals surface area contributed by atoms with Gasteiger partial charge in [-0.15, -0.1) is 0 Å². The van der Waals surface area contributed by atoms with E-state index in [1.807, 2.05) is 32.0 Å². The third-order valence-electron chi connectivity index (χ3n) is 4.41. The van der Waals surface area contributed by atoms with Crippen molar-refractivity contribution >= 4 is 34.2 Å². The second-order valence-electron chi connectivity index (χ2n) is 6.23. The summed E-state index contributed by atoms with van der Waals surface area (Å²) >= 11 is 5.81. The number of carbonyl (C=O) groups is 1. The van der Waals surface area contributed by atoms with Gasteiger partial charge in [0, 0.05) is 22.8 Å². The van der Waals surface area contributed by atoms with Crippen molar-refractivity contribution in [2.45, 2.75) is 20.3 Å². The molecule has 0 bridgehead atoms. The molecule has 0 aliphatic rings. The molecule has 0 atom stereocenters. The highest BCUT2D eigenvalue weighted by Crippen LogP contribution is 2.19. The average molecular weight is 370 g/mol. The summed E-state index contributed by atoms with van der Waals surface area (Å²) in [7, 11) is 0. The number of carbonyl (C=O) groups excluding carboxylic acids is 1. The molecule has 0 radical (unpaired) electrons. The third-order valence-corrected chi connectivity index (χ3v) is 4.66. The molecule has 3 aromatic rings. The molecule has 0 fully saturated rings. The summed E-state index contributed by atoms with van der Waals surface area (Å²) in [5.41, 5.74) is 4.26. The lowest BCUT2D eigenvalue weighted by atomic mass is 10.0. The van der Waals surface area contributed by atoms with Gasteiger partial charge in [-0.05, 0) is 67.1 Å². The van der Waals surface area contributed by atoms with Crippen molar-refractivity contribution in [3.63, 3.8) is 0 Å². The number of nitrogens with one attached hydrogen (secondary N) is 3. The standard InChI is InChI=1S/C20H20ClN3O2/c1-12-3-4-14-11-15(19(25)24-18(14)13(12)2)9-10-22-20(26)23-17-7-5-16(21)6-8-17/h3-8,11H,9-10H2,1-2H3,(H,24,25)(H2,22,23,26). The summed E-state index contributed by atoms with van der Waals surface area (Å²) in [4.78, 5) is 27.2. The molecular weight excluding hydrogens is 350 g/mol. The molecule has 0 aliphatic carbocycles. The Hall–Kier alpha value is -2.79. The Morgan fingerprint density at radius 2 is 1.85 bits per heavy atom. The fraction of sp³-hybridized carbons (Fsp3) is 0.200. The largest absolute Gasteiger partial charge is 0.338 e. The van der Waals surface area contributed by atoms with Gasteiger partial charge < -0.3 is 15.6 Å². The molecule has 0 aliphatic heterocycles. The number of H-pyrrole nitrogens is 1. The number of hydrogen-bond donors (Lipinski definition) is 3. The average Bonchev–Trinajstić information content (AvgIpc) is 2.61. The Bertz CT molecular complexity index is 1010. The fourth-order valence-corrected chi connectivity index (χ4v) is 2.90. The van der Waals surface area contributed by atoms with Crippen LogP contribution in [0.1, 0.15) is 16.7 Å². The number of hydrogen-bond acceptors (Lipinski definition) is 2. The highest BCUT2D eigenvalue weighted by molar-refractivity contribution is 6.30. The number of halogens is 1. The molecule has 6 heteroatoms. The predicted octanol–water partition coefficient (Wildman–Crippen LogP) is 4.16. The van der Waals surface area contributed by atoms with Crippen LogP contribution in [0, 0.1) is 13.8 Å². The zero-order valence-electron chi connectivity index (χ0n) is 14.7. The summed E-state index contributed by atoms with van der Waals surface area (Å²) in [6, 6.07) is 12.5. The second kappa shape index (κ2) is 7.62. The van der Waals surface area contributed by atoms with Gasteiger partial charge in [-0.25, -0.2) is 4.79 Å². The Balaban J connectivity index is 1.63. The van der Waals surface area contributed by atoms with Gasteiger partial charge in [0.15, 0.2) is 0 Å². The number of aryl methyl sites for hydroxylation is 2. The molecule has 0 unspecified atom stereocenters. The number of urea groups is 1. The smallest absolute Gasteiger partial charge is 0.319 e. The van der Waals surface area contributed by atoms with Crippen molar-refractivity contribution in [3.05, 3.63) is 74.5 Å². The van der Waals surface area contributed by atoms with Crippen LogP contribution in [0.2, 0.25) is 5.02 Å². The zero-order chi connectivity index (χ0) is 18.7. The number of anilines is 1. The number of pyridine rings is 1. The summed E-state index contributed by atoms with van der Waals surface area (Å²) in [5, 5.41) is 7.07. The van der Waals surface area contributed by atoms with E-state index < -0.39 is 0 Å². The molecule has 3 N–H and O–H groups in total. The first-order chi connectivity index (χ1) is 12.4. The molecule has 1 heterocycles. The highest BCUT2D eigenvalue weighted by atomic mass is 35.5. The van der Waals surface area contributed by atoms with Crippen molar-refractivity contribution in [3.8, 4) is 0 Å².